The number of rotatable bonds is 5. The standard InChI is InChI=1S/C14H19NO3/c1-14(13(16)17,15(2)11-7-8-11)10-5-4-6-12(9-10)18-3/h4-6,9,11H,7-8H2,1-3H3,(H,16,17). The first-order chi connectivity index (χ1) is 8.50. The summed E-state index contributed by atoms with van der Waals surface area (Å²) in [6, 6.07) is 7.67. The third-order valence-corrected chi connectivity index (χ3v) is 3.85. The summed E-state index contributed by atoms with van der Waals surface area (Å²) in [4.78, 5) is 13.7. The Labute approximate surface area is 107 Å². The molecule has 98 valence electrons. The second-order valence-electron chi connectivity index (χ2n) is 4.95. The third kappa shape index (κ3) is 2.08. The van der Waals surface area contributed by atoms with Gasteiger partial charge in [-0.15, -0.1) is 0 Å². The van der Waals surface area contributed by atoms with Gasteiger partial charge in [-0.2, -0.15) is 0 Å². The molecule has 0 aliphatic heterocycles. The number of carboxylic acids is 1. The molecule has 1 fully saturated rings. The van der Waals surface area contributed by atoms with E-state index >= 15 is 0 Å². The zero-order valence-electron chi connectivity index (χ0n) is 11.0. The fourth-order valence-electron chi connectivity index (χ4n) is 2.23. The topological polar surface area (TPSA) is 49.8 Å². The maximum absolute atomic E-state index is 11.7. The van der Waals surface area contributed by atoms with Gasteiger partial charge in [0, 0.05) is 6.04 Å². The molecule has 0 saturated heterocycles. The molecule has 1 aliphatic carbocycles. The van der Waals surface area contributed by atoms with Crippen LogP contribution in [-0.4, -0.2) is 36.2 Å². The molecule has 1 N–H and O–H groups in total. The average Bonchev–Trinajstić information content (AvgIpc) is 3.21. The van der Waals surface area contributed by atoms with Gasteiger partial charge in [-0.3, -0.25) is 4.90 Å². The number of hydrogen-bond donors (Lipinski definition) is 1. The van der Waals surface area contributed by atoms with Gasteiger partial charge in [-0.25, -0.2) is 4.79 Å². The molecule has 0 amide bonds. The first-order valence-corrected chi connectivity index (χ1v) is 6.11. The Morgan fingerprint density at radius 3 is 2.67 bits per heavy atom. The van der Waals surface area contributed by atoms with Crippen LogP contribution in [0.25, 0.3) is 0 Å². The van der Waals surface area contributed by atoms with Crippen LogP contribution in [0.1, 0.15) is 25.3 Å². The lowest BCUT2D eigenvalue weighted by Crippen LogP contribution is -2.48. The lowest BCUT2D eigenvalue weighted by atomic mass is 9.90. The maximum Gasteiger partial charge on any atom is 0.328 e. The van der Waals surface area contributed by atoms with Gasteiger partial charge in [0.2, 0.25) is 0 Å². The molecular weight excluding hydrogens is 230 g/mol. The number of nitrogens with zero attached hydrogens (tertiary/aromatic N) is 1. The molecule has 1 aromatic rings. The van der Waals surface area contributed by atoms with E-state index in [1.54, 1.807) is 20.1 Å². The summed E-state index contributed by atoms with van der Waals surface area (Å²) in [5, 5.41) is 9.61. The smallest absolute Gasteiger partial charge is 0.328 e. The summed E-state index contributed by atoms with van der Waals surface area (Å²) >= 11 is 0. The highest BCUT2D eigenvalue weighted by molar-refractivity contribution is 5.80. The monoisotopic (exact) mass is 249 g/mol. The largest absolute Gasteiger partial charge is 0.497 e. The zero-order valence-corrected chi connectivity index (χ0v) is 11.0. The van der Waals surface area contributed by atoms with E-state index in [1.165, 1.54) is 0 Å². The fourth-order valence-corrected chi connectivity index (χ4v) is 2.23. The van der Waals surface area contributed by atoms with Gasteiger partial charge in [-0.1, -0.05) is 12.1 Å². The number of carboxylic acid groups (broad SMARTS) is 1. The van der Waals surface area contributed by atoms with Gasteiger partial charge in [-0.05, 0) is 44.5 Å². The van der Waals surface area contributed by atoms with Gasteiger partial charge < -0.3 is 9.84 Å². The summed E-state index contributed by atoms with van der Waals surface area (Å²) in [6.07, 6.45) is 2.15. The lowest BCUT2D eigenvalue weighted by Gasteiger charge is -2.35. The minimum absolute atomic E-state index is 0.373. The van der Waals surface area contributed by atoms with Crippen LogP contribution in [0.5, 0.6) is 5.75 Å². The molecule has 4 nitrogen and oxygen atoms in total. The number of aliphatic carboxylic acids is 1. The van der Waals surface area contributed by atoms with Crippen LogP contribution >= 0.6 is 0 Å². The van der Waals surface area contributed by atoms with Crippen LogP contribution in [0.3, 0.4) is 0 Å². The minimum atomic E-state index is -1.00. The zero-order chi connectivity index (χ0) is 13.3. The van der Waals surface area contributed by atoms with Gasteiger partial charge in [0.1, 0.15) is 11.3 Å². The van der Waals surface area contributed by atoms with Crippen molar-refractivity contribution in [1.82, 2.24) is 4.90 Å². The van der Waals surface area contributed by atoms with E-state index < -0.39 is 11.5 Å². The number of methoxy groups -OCH3 is 1. The Kier molecular flexibility index (Phi) is 3.30. The molecule has 2 rings (SSSR count). The van der Waals surface area contributed by atoms with Crippen LogP contribution < -0.4 is 4.74 Å². The van der Waals surface area contributed by atoms with Crippen molar-refractivity contribution in [1.29, 1.82) is 0 Å². The summed E-state index contributed by atoms with van der Waals surface area (Å²) in [7, 11) is 3.47. The minimum Gasteiger partial charge on any atom is -0.497 e. The molecular formula is C14H19NO3. The van der Waals surface area contributed by atoms with E-state index in [2.05, 4.69) is 0 Å². The molecule has 4 heteroatoms. The van der Waals surface area contributed by atoms with Crippen LogP contribution in [-0.2, 0) is 10.3 Å². The first kappa shape index (κ1) is 12.9. The summed E-state index contributed by atoms with van der Waals surface area (Å²) in [5.74, 6) is -0.144. The molecule has 0 radical (unpaired) electrons. The summed E-state index contributed by atoms with van der Waals surface area (Å²) in [5.41, 5.74) is -0.251. The van der Waals surface area contributed by atoms with Crippen LogP contribution in [0, 0.1) is 0 Å². The molecule has 1 unspecified atom stereocenters. The maximum atomic E-state index is 11.7. The van der Waals surface area contributed by atoms with Gasteiger partial charge >= 0.3 is 5.97 Å². The van der Waals surface area contributed by atoms with Crippen molar-refractivity contribution in [3.8, 4) is 5.75 Å². The normalized spacial score (nSPS) is 18.4. The van der Waals surface area contributed by atoms with Crippen LogP contribution in [0.4, 0.5) is 0 Å². The highest BCUT2D eigenvalue weighted by atomic mass is 16.5. The SMILES string of the molecule is COc1cccc(C(C)(C(=O)O)N(C)C2CC2)c1. The number of carbonyl (C=O) groups is 1. The average molecular weight is 249 g/mol. The van der Waals surface area contributed by atoms with Gasteiger partial charge in [0.25, 0.3) is 0 Å². The highest BCUT2D eigenvalue weighted by Gasteiger charge is 2.45. The lowest BCUT2D eigenvalue weighted by molar-refractivity contribution is -0.150. The predicted molar refractivity (Wildman–Crippen MR) is 68.8 cm³/mol. The molecule has 1 atom stereocenters. The molecule has 1 aromatic carbocycles. The highest BCUT2D eigenvalue weighted by Crippen LogP contribution is 2.38. The Morgan fingerprint density at radius 1 is 1.50 bits per heavy atom. The first-order valence-electron chi connectivity index (χ1n) is 6.11. The Bertz CT molecular complexity index is 456. The van der Waals surface area contributed by atoms with E-state index in [9.17, 15) is 9.90 Å². The quantitative estimate of drug-likeness (QED) is 0.868. The second kappa shape index (κ2) is 4.61. The van der Waals surface area contributed by atoms with Crippen molar-refractivity contribution in [3.63, 3.8) is 0 Å². The molecule has 18 heavy (non-hydrogen) atoms. The Hall–Kier alpha value is -1.55. The van der Waals surface area contributed by atoms with Crippen LogP contribution in [0.15, 0.2) is 24.3 Å². The van der Waals surface area contributed by atoms with E-state index in [4.69, 9.17) is 4.74 Å². The molecule has 0 aromatic heterocycles. The molecule has 0 bridgehead atoms. The summed E-state index contributed by atoms with van der Waals surface area (Å²) in [6.45, 7) is 1.75. The second-order valence-corrected chi connectivity index (χ2v) is 4.95. The van der Waals surface area contributed by atoms with Crippen molar-refractivity contribution in [3.05, 3.63) is 29.8 Å². The number of benzene rings is 1. The Morgan fingerprint density at radius 2 is 2.17 bits per heavy atom. The summed E-state index contributed by atoms with van der Waals surface area (Å²) < 4.78 is 5.17. The predicted octanol–water partition coefficient (Wildman–Crippen LogP) is 2.09. The van der Waals surface area contributed by atoms with Gasteiger partial charge in [0.05, 0.1) is 7.11 Å². The third-order valence-electron chi connectivity index (χ3n) is 3.85. The van der Waals surface area contributed by atoms with Gasteiger partial charge in [0.15, 0.2) is 0 Å². The van der Waals surface area contributed by atoms with Crippen molar-refractivity contribution in [2.24, 2.45) is 0 Å². The van der Waals surface area contributed by atoms with E-state index in [0.717, 1.165) is 18.4 Å². The number of hydrogen-bond acceptors (Lipinski definition) is 3. The molecule has 0 heterocycles. The van der Waals surface area contributed by atoms with Crippen molar-refractivity contribution in [2.75, 3.05) is 14.2 Å². The van der Waals surface area contributed by atoms with E-state index in [-0.39, 0.29) is 0 Å². The van der Waals surface area contributed by atoms with Crippen molar-refractivity contribution >= 4 is 5.97 Å². The van der Waals surface area contributed by atoms with E-state index in [0.29, 0.717) is 11.8 Å². The molecule has 1 aliphatic rings. The fraction of sp³-hybridized carbons (Fsp3) is 0.500. The van der Waals surface area contributed by atoms with Crippen molar-refractivity contribution < 1.29 is 14.6 Å². The number of likely N-dealkylation sites (N-methyl/N-ethyl adjacent to an activating group) is 1. The number of ether oxygens (including phenoxy) is 1. The molecule has 1 saturated carbocycles. The van der Waals surface area contributed by atoms with Crippen molar-refractivity contribution in [2.45, 2.75) is 31.3 Å². The Balaban J connectivity index is 2.42. The van der Waals surface area contributed by atoms with E-state index in [1.807, 2.05) is 30.1 Å². The molecule has 0 spiro atoms. The van der Waals surface area contributed by atoms with Crippen LogP contribution in [0.2, 0.25) is 0 Å².